The van der Waals surface area contributed by atoms with Gasteiger partial charge in [-0.15, -0.1) is 0 Å². The van der Waals surface area contributed by atoms with Crippen molar-refractivity contribution >= 4 is 11.0 Å². The predicted molar refractivity (Wildman–Crippen MR) is 62.8 cm³/mol. The number of nitrogens with zero attached hydrogens (tertiary/aromatic N) is 2. The van der Waals surface area contributed by atoms with E-state index in [1.54, 1.807) is 0 Å². The number of benzene rings is 1. The van der Waals surface area contributed by atoms with E-state index in [1.807, 2.05) is 25.0 Å². The first kappa shape index (κ1) is 10.2. The van der Waals surface area contributed by atoms with Crippen LogP contribution < -0.4 is 5.32 Å². The van der Waals surface area contributed by atoms with Gasteiger partial charge in [-0.25, -0.2) is 4.98 Å². The Balaban J connectivity index is 2.57. The van der Waals surface area contributed by atoms with Crippen molar-refractivity contribution < 1.29 is 0 Å². The van der Waals surface area contributed by atoms with Crippen molar-refractivity contribution in [3.8, 4) is 0 Å². The van der Waals surface area contributed by atoms with E-state index in [9.17, 15) is 0 Å². The Morgan fingerprint density at radius 1 is 1.33 bits per heavy atom. The van der Waals surface area contributed by atoms with Gasteiger partial charge in [0.1, 0.15) is 0 Å². The van der Waals surface area contributed by atoms with Gasteiger partial charge < -0.3 is 9.88 Å². The standard InChI is InChI=1S/C12H17N3/c1-12(2,13-3)9-5-6-11-10(7-9)14-8-15(11)4/h5-8,13H,1-4H3. The van der Waals surface area contributed by atoms with Gasteiger partial charge in [0.2, 0.25) is 0 Å². The van der Waals surface area contributed by atoms with Crippen molar-refractivity contribution in [2.75, 3.05) is 7.05 Å². The molecule has 1 heterocycles. The number of hydrogen-bond acceptors (Lipinski definition) is 2. The van der Waals surface area contributed by atoms with E-state index >= 15 is 0 Å². The highest BCUT2D eigenvalue weighted by molar-refractivity contribution is 5.76. The minimum atomic E-state index is -0.00822. The fraction of sp³-hybridized carbons (Fsp3) is 0.417. The van der Waals surface area contributed by atoms with Gasteiger partial charge in [-0.1, -0.05) is 6.07 Å². The van der Waals surface area contributed by atoms with Crippen LogP contribution in [-0.4, -0.2) is 16.6 Å². The maximum Gasteiger partial charge on any atom is 0.0955 e. The minimum Gasteiger partial charge on any atom is -0.334 e. The number of aryl methyl sites for hydroxylation is 1. The van der Waals surface area contributed by atoms with Gasteiger partial charge in [-0.2, -0.15) is 0 Å². The highest BCUT2D eigenvalue weighted by Gasteiger charge is 2.18. The van der Waals surface area contributed by atoms with Crippen molar-refractivity contribution in [2.24, 2.45) is 7.05 Å². The molecule has 0 spiro atoms. The molecule has 3 nitrogen and oxygen atoms in total. The topological polar surface area (TPSA) is 29.9 Å². The first-order valence-electron chi connectivity index (χ1n) is 5.15. The molecule has 1 aromatic carbocycles. The molecule has 0 atom stereocenters. The van der Waals surface area contributed by atoms with Crippen molar-refractivity contribution in [3.05, 3.63) is 30.1 Å². The number of aromatic nitrogens is 2. The van der Waals surface area contributed by atoms with Gasteiger partial charge in [0.05, 0.1) is 17.4 Å². The molecule has 3 heteroatoms. The van der Waals surface area contributed by atoms with Crippen LogP contribution in [-0.2, 0) is 12.6 Å². The van der Waals surface area contributed by atoms with E-state index in [1.165, 1.54) is 11.1 Å². The second-order valence-electron chi connectivity index (χ2n) is 4.43. The van der Waals surface area contributed by atoms with Gasteiger partial charge >= 0.3 is 0 Å². The smallest absolute Gasteiger partial charge is 0.0955 e. The van der Waals surface area contributed by atoms with E-state index in [0.29, 0.717) is 0 Å². The quantitative estimate of drug-likeness (QED) is 0.809. The maximum atomic E-state index is 4.36. The zero-order valence-corrected chi connectivity index (χ0v) is 9.70. The molecule has 0 amide bonds. The number of imidazole rings is 1. The van der Waals surface area contributed by atoms with E-state index in [4.69, 9.17) is 0 Å². The molecule has 2 rings (SSSR count). The number of nitrogens with one attached hydrogen (secondary N) is 1. The number of hydrogen-bond donors (Lipinski definition) is 1. The minimum absolute atomic E-state index is 0.00822. The molecule has 80 valence electrons. The lowest BCUT2D eigenvalue weighted by Crippen LogP contribution is -2.32. The highest BCUT2D eigenvalue weighted by atomic mass is 15.0. The average Bonchev–Trinajstić information content (AvgIpc) is 2.60. The Bertz CT molecular complexity index is 483. The molecule has 15 heavy (non-hydrogen) atoms. The summed E-state index contributed by atoms with van der Waals surface area (Å²) in [4.78, 5) is 4.36. The van der Waals surface area contributed by atoms with E-state index in [-0.39, 0.29) is 5.54 Å². The van der Waals surface area contributed by atoms with Crippen molar-refractivity contribution in [2.45, 2.75) is 19.4 Å². The summed E-state index contributed by atoms with van der Waals surface area (Å²) in [5.41, 5.74) is 3.48. The fourth-order valence-electron chi connectivity index (χ4n) is 1.67. The molecule has 0 unspecified atom stereocenters. The summed E-state index contributed by atoms with van der Waals surface area (Å²) in [6.07, 6.45) is 1.85. The largest absolute Gasteiger partial charge is 0.334 e. The molecular weight excluding hydrogens is 186 g/mol. The Morgan fingerprint density at radius 2 is 2.07 bits per heavy atom. The SMILES string of the molecule is CNC(C)(C)c1ccc2c(c1)ncn2C. The van der Waals surface area contributed by atoms with Crippen LogP contribution in [0.4, 0.5) is 0 Å². The molecule has 0 aliphatic heterocycles. The molecule has 0 saturated carbocycles. The van der Waals surface area contributed by atoms with Crippen LogP contribution in [0.1, 0.15) is 19.4 Å². The van der Waals surface area contributed by atoms with E-state index in [2.05, 4.69) is 42.3 Å². The Labute approximate surface area is 90.1 Å². The first-order valence-corrected chi connectivity index (χ1v) is 5.15. The predicted octanol–water partition coefficient (Wildman–Crippen LogP) is 2.03. The summed E-state index contributed by atoms with van der Waals surface area (Å²) >= 11 is 0. The van der Waals surface area contributed by atoms with Gasteiger partial charge in [-0.05, 0) is 38.6 Å². The molecular formula is C12H17N3. The molecule has 1 aromatic heterocycles. The zero-order chi connectivity index (χ0) is 11.1. The van der Waals surface area contributed by atoms with Gasteiger partial charge in [0, 0.05) is 12.6 Å². The summed E-state index contributed by atoms with van der Waals surface area (Å²) in [6.45, 7) is 4.33. The molecule has 0 saturated heterocycles. The van der Waals surface area contributed by atoms with Crippen LogP contribution in [0.15, 0.2) is 24.5 Å². The fourth-order valence-corrected chi connectivity index (χ4v) is 1.67. The first-order chi connectivity index (χ1) is 7.04. The average molecular weight is 203 g/mol. The van der Waals surface area contributed by atoms with Crippen molar-refractivity contribution in [1.82, 2.24) is 14.9 Å². The van der Waals surface area contributed by atoms with Crippen LogP contribution >= 0.6 is 0 Å². The highest BCUT2D eigenvalue weighted by Crippen LogP contribution is 2.23. The molecule has 0 radical (unpaired) electrons. The number of rotatable bonds is 2. The van der Waals surface area contributed by atoms with Crippen LogP contribution in [0.5, 0.6) is 0 Å². The molecule has 0 fully saturated rings. The molecule has 0 bridgehead atoms. The summed E-state index contributed by atoms with van der Waals surface area (Å²) in [5, 5.41) is 3.29. The summed E-state index contributed by atoms with van der Waals surface area (Å²) in [7, 11) is 3.99. The lowest BCUT2D eigenvalue weighted by Gasteiger charge is -2.24. The van der Waals surface area contributed by atoms with Crippen molar-refractivity contribution in [1.29, 1.82) is 0 Å². The second kappa shape index (κ2) is 3.35. The normalized spacial score (nSPS) is 12.3. The van der Waals surface area contributed by atoms with E-state index in [0.717, 1.165) is 5.52 Å². The van der Waals surface area contributed by atoms with Crippen molar-refractivity contribution in [3.63, 3.8) is 0 Å². The molecule has 0 aliphatic carbocycles. The second-order valence-corrected chi connectivity index (χ2v) is 4.43. The third-order valence-electron chi connectivity index (χ3n) is 3.07. The zero-order valence-electron chi connectivity index (χ0n) is 9.70. The lowest BCUT2D eigenvalue weighted by atomic mass is 9.94. The number of fused-ring (bicyclic) bond motifs is 1. The van der Waals surface area contributed by atoms with Gasteiger partial charge in [-0.3, -0.25) is 0 Å². The Hall–Kier alpha value is -1.35. The summed E-state index contributed by atoms with van der Waals surface area (Å²) in [6, 6.07) is 6.42. The molecule has 1 N–H and O–H groups in total. The van der Waals surface area contributed by atoms with Crippen LogP contribution in [0, 0.1) is 0 Å². The Kier molecular flexibility index (Phi) is 2.27. The molecule has 2 aromatic rings. The third kappa shape index (κ3) is 1.63. The van der Waals surface area contributed by atoms with Crippen LogP contribution in [0.25, 0.3) is 11.0 Å². The lowest BCUT2D eigenvalue weighted by molar-refractivity contribution is 0.445. The summed E-state index contributed by atoms with van der Waals surface area (Å²) < 4.78 is 2.03. The molecule has 0 aliphatic rings. The summed E-state index contributed by atoms with van der Waals surface area (Å²) in [5.74, 6) is 0. The van der Waals surface area contributed by atoms with E-state index < -0.39 is 0 Å². The Morgan fingerprint density at radius 3 is 2.73 bits per heavy atom. The van der Waals surface area contributed by atoms with Crippen LogP contribution in [0.2, 0.25) is 0 Å². The maximum absolute atomic E-state index is 4.36. The monoisotopic (exact) mass is 203 g/mol. The van der Waals surface area contributed by atoms with Gasteiger partial charge in [0.15, 0.2) is 0 Å². The van der Waals surface area contributed by atoms with Gasteiger partial charge in [0.25, 0.3) is 0 Å². The third-order valence-corrected chi connectivity index (χ3v) is 3.07. The van der Waals surface area contributed by atoms with Crippen LogP contribution in [0.3, 0.4) is 0 Å².